The molecular weight excluding hydrogens is 340 g/mol. The van der Waals surface area contributed by atoms with E-state index in [1.165, 1.54) is 0 Å². The van der Waals surface area contributed by atoms with Crippen LogP contribution in [0.3, 0.4) is 0 Å². The van der Waals surface area contributed by atoms with Gasteiger partial charge >= 0.3 is 0 Å². The summed E-state index contributed by atoms with van der Waals surface area (Å²) in [6, 6.07) is 9.84. The first-order chi connectivity index (χ1) is 13.2. The number of aromatic nitrogens is 1. The number of nitrogens with one attached hydrogen (secondary N) is 1. The summed E-state index contributed by atoms with van der Waals surface area (Å²) in [5, 5.41) is 2.98. The fourth-order valence-electron chi connectivity index (χ4n) is 3.30. The Morgan fingerprint density at radius 3 is 2.74 bits per heavy atom. The van der Waals surface area contributed by atoms with Crippen molar-refractivity contribution in [2.75, 3.05) is 51.3 Å². The van der Waals surface area contributed by atoms with E-state index >= 15 is 0 Å². The Morgan fingerprint density at radius 2 is 2.00 bits per heavy atom. The maximum absolute atomic E-state index is 12.5. The highest BCUT2D eigenvalue weighted by Gasteiger charge is 2.17. The number of rotatable bonds is 7. The van der Waals surface area contributed by atoms with Gasteiger partial charge in [0.15, 0.2) is 0 Å². The van der Waals surface area contributed by atoms with Crippen LogP contribution in [0.1, 0.15) is 22.8 Å². The van der Waals surface area contributed by atoms with E-state index in [9.17, 15) is 4.79 Å². The first-order valence-electron chi connectivity index (χ1n) is 9.53. The third-order valence-corrected chi connectivity index (χ3v) is 5.00. The zero-order valence-corrected chi connectivity index (χ0v) is 16.1. The highest BCUT2D eigenvalue weighted by atomic mass is 16.5. The molecule has 0 radical (unpaired) electrons. The van der Waals surface area contributed by atoms with Gasteiger partial charge in [0, 0.05) is 38.9 Å². The second kappa shape index (κ2) is 9.37. The topological polar surface area (TPSA) is 57.7 Å². The molecule has 0 saturated carbocycles. The Labute approximate surface area is 161 Å². The van der Waals surface area contributed by atoms with E-state index in [1.54, 1.807) is 13.3 Å². The highest BCUT2D eigenvalue weighted by Crippen LogP contribution is 2.17. The van der Waals surface area contributed by atoms with E-state index in [1.807, 2.05) is 36.5 Å². The fourth-order valence-corrected chi connectivity index (χ4v) is 3.30. The second-order valence-corrected chi connectivity index (χ2v) is 6.71. The molecule has 0 unspecified atom stereocenters. The molecular formula is C21H28N4O2. The Morgan fingerprint density at radius 1 is 1.19 bits per heavy atom. The largest absolute Gasteiger partial charge is 0.497 e. The predicted octanol–water partition coefficient (Wildman–Crippen LogP) is 2.20. The lowest BCUT2D eigenvalue weighted by molar-refractivity contribution is 0.0954. The molecule has 0 atom stereocenters. The van der Waals surface area contributed by atoms with Gasteiger partial charge in [0.05, 0.1) is 24.6 Å². The molecule has 144 valence electrons. The van der Waals surface area contributed by atoms with Gasteiger partial charge in [-0.05, 0) is 36.7 Å². The number of anilines is 1. The molecule has 1 fully saturated rings. The molecule has 6 nitrogen and oxygen atoms in total. The van der Waals surface area contributed by atoms with Crippen molar-refractivity contribution in [1.29, 1.82) is 0 Å². The molecule has 1 amide bonds. The summed E-state index contributed by atoms with van der Waals surface area (Å²) in [5.74, 6) is 0.748. The fraction of sp³-hybridized carbons (Fsp3) is 0.429. The molecule has 2 aromatic rings. The molecule has 27 heavy (non-hydrogen) atoms. The molecule has 0 bridgehead atoms. The Bertz CT molecular complexity index is 757. The summed E-state index contributed by atoms with van der Waals surface area (Å²) in [7, 11) is 1.66. The number of carbonyl (C=O) groups is 1. The van der Waals surface area contributed by atoms with Crippen molar-refractivity contribution < 1.29 is 9.53 Å². The molecule has 1 aromatic heterocycles. The smallest absolute Gasteiger partial charge is 0.252 e. The molecule has 1 aromatic carbocycles. The van der Waals surface area contributed by atoms with Gasteiger partial charge in [0.25, 0.3) is 5.91 Å². The van der Waals surface area contributed by atoms with Crippen LogP contribution in [0.5, 0.6) is 5.75 Å². The van der Waals surface area contributed by atoms with Crippen LogP contribution in [-0.4, -0.2) is 62.2 Å². The molecule has 3 rings (SSSR count). The van der Waals surface area contributed by atoms with Crippen molar-refractivity contribution >= 4 is 11.6 Å². The molecule has 1 N–H and O–H groups in total. The van der Waals surface area contributed by atoms with Gasteiger partial charge in [0.1, 0.15) is 5.75 Å². The van der Waals surface area contributed by atoms with Crippen LogP contribution < -0.4 is 15.0 Å². The summed E-state index contributed by atoms with van der Waals surface area (Å²) >= 11 is 0. The van der Waals surface area contributed by atoms with Crippen molar-refractivity contribution in [3.05, 3.63) is 53.9 Å². The number of nitrogens with zero attached hydrogens (tertiary/aromatic N) is 3. The van der Waals surface area contributed by atoms with Crippen molar-refractivity contribution in [3.63, 3.8) is 0 Å². The lowest BCUT2D eigenvalue weighted by atomic mass is 10.1. The number of carbonyl (C=O) groups excluding carboxylic acids is 1. The molecule has 6 heteroatoms. The van der Waals surface area contributed by atoms with E-state index in [0.29, 0.717) is 12.1 Å². The average Bonchev–Trinajstić information content (AvgIpc) is 2.74. The van der Waals surface area contributed by atoms with E-state index in [2.05, 4.69) is 27.0 Å². The minimum atomic E-state index is -0.0839. The zero-order valence-electron chi connectivity index (χ0n) is 16.1. The van der Waals surface area contributed by atoms with Crippen molar-refractivity contribution in [2.24, 2.45) is 0 Å². The first kappa shape index (κ1) is 19.2. The van der Waals surface area contributed by atoms with Crippen LogP contribution in [-0.2, 0) is 6.42 Å². The third-order valence-electron chi connectivity index (χ3n) is 5.00. The van der Waals surface area contributed by atoms with Crippen LogP contribution in [0, 0.1) is 0 Å². The number of methoxy groups -OCH3 is 1. The van der Waals surface area contributed by atoms with Crippen molar-refractivity contribution in [3.8, 4) is 5.75 Å². The van der Waals surface area contributed by atoms with Gasteiger partial charge in [-0.25, -0.2) is 0 Å². The molecule has 1 aliphatic heterocycles. The first-order valence-corrected chi connectivity index (χ1v) is 9.53. The highest BCUT2D eigenvalue weighted by molar-refractivity contribution is 5.94. The Hall–Kier alpha value is -2.60. The monoisotopic (exact) mass is 368 g/mol. The van der Waals surface area contributed by atoms with Gasteiger partial charge < -0.3 is 19.9 Å². The van der Waals surface area contributed by atoms with Crippen LogP contribution in [0.4, 0.5) is 5.69 Å². The molecule has 2 heterocycles. The number of pyridine rings is 1. The zero-order chi connectivity index (χ0) is 19.1. The third kappa shape index (κ3) is 5.20. The minimum absolute atomic E-state index is 0.0839. The lowest BCUT2D eigenvalue weighted by Crippen LogP contribution is -2.46. The SMILES string of the molecule is CCN1CCN(c2cncc(C(=O)NCCc3cccc(OC)c3)c2)CC1. The maximum Gasteiger partial charge on any atom is 0.252 e. The summed E-state index contributed by atoms with van der Waals surface area (Å²) in [5.41, 5.74) is 2.76. The van der Waals surface area contributed by atoms with E-state index in [-0.39, 0.29) is 5.91 Å². The van der Waals surface area contributed by atoms with E-state index < -0.39 is 0 Å². The number of likely N-dealkylation sites (N-methyl/N-ethyl adjacent to an activating group) is 1. The van der Waals surface area contributed by atoms with Crippen LogP contribution in [0.25, 0.3) is 0 Å². The summed E-state index contributed by atoms with van der Waals surface area (Å²) in [6.45, 7) is 7.88. The summed E-state index contributed by atoms with van der Waals surface area (Å²) < 4.78 is 5.23. The summed E-state index contributed by atoms with van der Waals surface area (Å²) in [6.07, 6.45) is 4.23. The molecule has 0 aliphatic carbocycles. The minimum Gasteiger partial charge on any atom is -0.497 e. The normalized spacial score (nSPS) is 14.8. The van der Waals surface area contributed by atoms with Gasteiger partial charge in [0.2, 0.25) is 0 Å². The molecule has 1 saturated heterocycles. The number of hydrogen-bond donors (Lipinski definition) is 1. The van der Waals surface area contributed by atoms with Gasteiger partial charge in [-0.3, -0.25) is 9.78 Å². The van der Waals surface area contributed by atoms with Gasteiger partial charge in [-0.1, -0.05) is 19.1 Å². The lowest BCUT2D eigenvalue weighted by Gasteiger charge is -2.35. The standard InChI is InChI=1S/C21H28N4O2/c1-3-24-9-11-25(12-10-24)19-14-18(15-22-16-19)21(26)23-8-7-17-5-4-6-20(13-17)27-2/h4-6,13-16H,3,7-12H2,1-2H3,(H,23,26). The maximum atomic E-state index is 12.5. The number of benzene rings is 1. The number of piperazine rings is 1. The van der Waals surface area contributed by atoms with Gasteiger partial charge in [-0.2, -0.15) is 0 Å². The quantitative estimate of drug-likeness (QED) is 0.812. The number of ether oxygens (including phenoxy) is 1. The van der Waals surface area contributed by atoms with Crippen molar-refractivity contribution in [2.45, 2.75) is 13.3 Å². The van der Waals surface area contributed by atoms with E-state index in [0.717, 1.165) is 56.1 Å². The average molecular weight is 368 g/mol. The Balaban J connectivity index is 1.54. The van der Waals surface area contributed by atoms with Crippen LogP contribution in [0.2, 0.25) is 0 Å². The van der Waals surface area contributed by atoms with Crippen LogP contribution >= 0.6 is 0 Å². The van der Waals surface area contributed by atoms with Gasteiger partial charge in [-0.15, -0.1) is 0 Å². The second-order valence-electron chi connectivity index (χ2n) is 6.71. The van der Waals surface area contributed by atoms with E-state index in [4.69, 9.17) is 4.74 Å². The number of amides is 1. The molecule has 1 aliphatic rings. The number of hydrogen-bond acceptors (Lipinski definition) is 5. The van der Waals surface area contributed by atoms with Crippen molar-refractivity contribution in [1.82, 2.24) is 15.2 Å². The molecule has 0 spiro atoms. The summed E-state index contributed by atoms with van der Waals surface area (Å²) in [4.78, 5) is 21.5. The Kier molecular flexibility index (Phi) is 6.65. The predicted molar refractivity (Wildman–Crippen MR) is 108 cm³/mol. The van der Waals surface area contributed by atoms with Crippen LogP contribution in [0.15, 0.2) is 42.7 Å².